The average Bonchev–Trinajstić information content (AvgIpc) is 2.25. The van der Waals surface area contributed by atoms with Crippen LogP contribution < -0.4 is 0 Å². The molecule has 4 atom stereocenters. The summed E-state index contributed by atoms with van der Waals surface area (Å²) in [6.45, 7) is 7.29. The molecule has 12 heavy (non-hydrogen) atoms. The Morgan fingerprint density at radius 2 is 2.00 bits per heavy atom. The zero-order chi connectivity index (χ0) is 8.77. The molecular weight excluding hydrogens is 144 g/mol. The second-order valence-corrected chi connectivity index (χ2v) is 5.24. The minimum Gasteiger partial charge on any atom is -0.0651 e. The van der Waals surface area contributed by atoms with Crippen LogP contribution in [0.15, 0.2) is 0 Å². The van der Waals surface area contributed by atoms with Gasteiger partial charge >= 0.3 is 0 Å². The first-order valence-corrected chi connectivity index (χ1v) is 5.71. The van der Waals surface area contributed by atoms with E-state index in [4.69, 9.17) is 0 Å². The Labute approximate surface area is 76.7 Å². The molecule has 70 valence electrons. The van der Waals surface area contributed by atoms with Crippen molar-refractivity contribution in [1.82, 2.24) is 0 Å². The molecule has 2 aliphatic carbocycles. The lowest BCUT2D eigenvalue weighted by Gasteiger charge is -2.44. The van der Waals surface area contributed by atoms with Gasteiger partial charge in [0.15, 0.2) is 0 Å². The molecule has 0 heterocycles. The van der Waals surface area contributed by atoms with Crippen LogP contribution in [0.25, 0.3) is 0 Å². The molecule has 0 aromatic heterocycles. The van der Waals surface area contributed by atoms with Crippen LogP contribution in [-0.2, 0) is 0 Å². The standard InChI is InChI=1S/C12H22/c1-4-9-8-12(3)7-6-11(12)10(9)5-2/h9-11H,4-8H2,1-3H3. The molecule has 0 bridgehead atoms. The second kappa shape index (κ2) is 2.75. The monoisotopic (exact) mass is 166 g/mol. The summed E-state index contributed by atoms with van der Waals surface area (Å²) in [7, 11) is 0. The van der Waals surface area contributed by atoms with Gasteiger partial charge in [-0.15, -0.1) is 0 Å². The van der Waals surface area contributed by atoms with E-state index in [9.17, 15) is 0 Å². The van der Waals surface area contributed by atoms with E-state index in [2.05, 4.69) is 20.8 Å². The maximum Gasteiger partial charge on any atom is -0.0292 e. The molecule has 0 radical (unpaired) electrons. The van der Waals surface area contributed by atoms with E-state index >= 15 is 0 Å². The molecule has 0 nitrogen and oxygen atoms in total. The van der Waals surface area contributed by atoms with Crippen LogP contribution in [0.4, 0.5) is 0 Å². The second-order valence-electron chi connectivity index (χ2n) is 5.24. The third kappa shape index (κ3) is 0.963. The molecule has 0 saturated heterocycles. The summed E-state index contributed by atoms with van der Waals surface area (Å²) >= 11 is 0. The number of hydrogen-bond donors (Lipinski definition) is 0. The van der Waals surface area contributed by atoms with Crippen LogP contribution in [0.5, 0.6) is 0 Å². The van der Waals surface area contributed by atoms with E-state index in [1.54, 1.807) is 0 Å². The van der Waals surface area contributed by atoms with E-state index < -0.39 is 0 Å². The molecular formula is C12H22. The summed E-state index contributed by atoms with van der Waals surface area (Å²) in [6, 6.07) is 0. The van der Waals surface area contributed by atoms with Crippen molar-refractivity contribution in [3.63, 3.8) is 0 Å². The van der Waals surface area contributed by atoms with Gasteiger partial charge < -0.3 is 0 Å². The predicted molar refractivity (Wildman–Crippen MR) is 53.0 cm³/mol. The number of fused-ring (bicyclic) bond motifs is 1. The highest BCUT2D eigenvalue weighted by Crippen LogP contribution is 2.63. The Morgan fingerprint density at radius 3 is 2.42 bits per heavy atom. The fourth-order valence-corrected chi connectivity index (χ4v) is 3.93. The third-order valence-electron chi connectivity index (χ3n) is 4.77. The lowest BCUT2D eigenvalue weighted by molar-refractivity contribution is 0.0579. The lowest BCUT2D eigenvalue weighted by atomic mass is 9.61. The van der Waals surface area contributed by atoms with Crippen molar-refractivity contribution < 1.29 is 0 Å². The Morgan fingerprint density at radius 1 is 1.25 bits per heavy atom. The Bertz CT molecular complexity index is 173. The SMILES string of the molecule is CCC1CC2(C)CCC2C1CC. The summed E-state index contributed by atoms with van der Waals surface area (Å²) in [6.07, 6.45) is 7.44. The quantitative estimate of drug-likeness (QED) is 0.584. The third-order valence-corrected chi connectivity index (χ3v) is 4.77. The highest BCUT2D eigenvalue weighted by molar-refractivity contribution is 5.03. The van der Waals surface area contributed by atoms with Crippen LogP contribution in [0.2, 0.25) is 0 Å². The lowest BCUT2D eigenvalue weighted by Crippen LogP contribution is -2.35. The molecule has 2 rings (SSSR count). The molecule has 0 spiro atoms. The van der Waals surface area contributed by atoms with Crippen molar-refractivity contribution in [3.05, 3.63) is 0 Å². The summed E-state index contributed by atoms with van der Waals surface area (Å²) in [5, 5.41) is 0. The molecule has 0 aromatic rings. The van der Waals surface area contributed by atoms with Crippen molar-refractivity contribution in [3.8, 4) is 0 Å². The highest BCUT2D eigenvalue weighted by atomic mass is 14.6. The van der Waals surface area contributed by atoms with Crippen molar-refractivity contribution in [2.45, 2.75) is 52.9 Å². The Kier molecular flexibility index (Phi) is 1.97. The van der Waals surface area contributed by atoms with E-state index in [0.717, 1.165) is 23.2 Å². The summed E-state index contributed by atoms with van der Waals surface area (Å²) < 4.78 is 0. The van der Waals surface area contributed by atoms with Gasteiger partial charge in [-0.1, -0.05) is 33.6 Å². The van der Waals surface area contributed by atoms with Crippen LogP contribution in [0.3, 0.4) is 0 Å². The van der Waals surface area contributed by atoms with Gasteiger partial charge in [0.2, 0.25) is 0 Å². The number of hydrogen-bond acceptors (Lipinski definition) is 0. The van der Waals surface area contributed by atoms with Crippen LogP contribution in [0.1, 0.15) is 52.9 Å². The van der Waals surface area contributed by atoms with E-state index in [1.165, 1.54) is 32.1 Å². The van der Waals surface area contributed by atoms with Crippen molar-refractivity contribution in [2.24, 2.45) is 23.2 Å². The van der Waals surface area contributed by atoms with Gasteiger partial charge in [-0.05, 0) is 42.4 Å². The van der Waals surface area contributed by atoms with Gasteiger partial charge in [-0.3, -0.25) is 0 Å². The van der Waals surface area contributed by atoms with E-state index in [0.29, 0.717) is 0 Å². The van der Waals surface area contributed by atoms with Crippen molar-refractivity contribution in [1.29, 1.82) is 0 Å². The first-order chi connectivity index (χ1) is 5.71. The van der Waals surface area contributed by atoms with Crippen molar-refractivity contribution >= 4 is 0 Å². The zero-order valence-corrected chi connectivity index (χ0v) is 8.77. The Balaban J connectivity index is 2.11. The summed E-state index contributed by atoms with van der Waals surface area (Å²) in [4.78, 5) is 0. The molecule has 0 amide bonds. The minimum absolute atomic E-state index is 0.779. The molecule has 2 aliphatic rings. The molecule has 0 aliphatic heterocycles. The van der Waals surface area contributed by atoms with Gasteiger partial charge in [-0.25, -0.2) is 0 Å². The normalized spacial score (nSPS) is 51.8. The molecule has 0 aromatic carbocycles. The zero-order valence-electron chi connectivity index (χ0n) is 8.77. The Hall–Kier alpha value is 0. The van der Waals surface area contributed by atoms with Crippen LogP contribution >= 0.6 is 0 Å². The van der Waals surface area contributed by atoms with Crippen LogP contribution in [-0.4, -0.2) is 0 Å². The minimum atomic E-state index is 0.779. The molecule has 0 N–H and O–H groups in total. The van der Waals surface area contributed by atoms with E-state index in [1.807, 2.05) is 0 Å². The van der Waals surface area contributed by atoms with Gasteiger partial charge in [0, 0.05) is 0 Å². The number of rotatable bonds is 2. The first-order valence-electron chi connectivity index (χ1n) is 5.71. The summed E-state index contributed by atoms with van der Waals surface area (Å²) in [5.74, 6) is 3.24. The van der Waals surface area contributed by atoms with Gasteiger partial charge in [0.1, 0.15) is 0 Å². The molecule has 4 unspecified atom stereocenters. The van der Waals surface area contributed by atoms with Crippen molar-refractivity contribution in [2.75, 3.05) is 0 Å². The summed E-state index contributed by atoms with van der Waals surface area (Å²) in [5.41, 5.74) is 0.779. The topological polar surface area (TPSA) is 0 Å². The molecule has 0 heteroatoms. The van der Waals surface area contributed by atoms with Crippen LogP contribution in [0, 0.1) is 23.2 Å². The predicted octanol–water partition coefficient (Wildman–Crippen LogP) is 3.86. The maximum atomic E-state index is 2.53. The smallest absolute Gasteiger partial charge is 0.0292 e. The van der Waals surface area contributed by atoms with E-state index in [-0.39, 0.29) is 0 Å². The van der Waals surface area contributed by atoms with Gasteiger partial charge in [-0.2, -0.15) is 0 Å². The van der Waals surface area contributed by atoms with Gasteiger partial charge in [0.25, 0.3) is 0 Å². The molecule has 2 saturated carbocycles. The van der Waals surface area contributed by atoms with Gasteiger partial charge in [0.05, 0.1) is 0 Å². The fraction of sp³-hybridized carbons (Fsp3) is 1.00. The average molecular weight is 166 g/mol. The maximum absolute atomic E-state index is 2.53. The highest BCUT2D eigenvalue weighted by Gasteiger charge is 2.54. The largest absolute Gasteiger partial charge is 0.0651 e. The first kappa shape index (κ1) is 8.59. The molecule has 2 fully saturated rings. The fourth-order valence-electron chi connectivity index (χ4n) is 3.93.